The van der Waals surface area contributed by atoms with Gasteiger partial charge in [-0.3, -0.25) is 9.98 Å². The first-order valence-electron chi connectivity index (χ1n) is 7.80. The van der Waals surface area contributed by atoms with Crippen molar-refractivity contribution in [3.63, 3.8) is 0 Å². The molecule has 2 aromatic rings. The van der Waals surface area contributed by atoms with Crippen LogP contribution in [0.1, 0.15) is 23.5 Å². The molecular weight excluding hydrogens is 308 g/mol. The molecule has 124 valence electrons. The molecule has 0 aliphatic rings. The van der Waals surface area contributed by atoms with Crippen LogP contribution in [-0.4, -0.2) is 47.6 Å². The molecule has 0 saturated carbocycles. The number of hydrogen-bond acceptors (Lipinski definition) is 4. The predicted octanol–water partition coefficient (Wildman–Crippen LogP) is 2.32. The van der Waals surface area contributed by atoms with E-state index in [0.29, 0.717) is 6.54 Å². The molecule has 1 atom stereocenters. The molecule has 23 heavy (non-hydrogen) atoms. The fourth-order valence-electron chi connectivity index (χ4n) is 2.17. The normalized spacial score (nSPS) is 12.9. The number of aliphatic hydroxyl groups is 1. The van der Waals surface area contributed by atoms with Gasteiger partial charge < -0.3 is 15.3 Å². The summed E-state index contributed by atoms with van der Waals surface area (Å²) >= 11 is 1.77. The van der Waals surface area contributed by atoms with Crippen molar-refractivity contribution in [2.75, 3.05) is 26.7 Å². The molecule has 1 unspecified atom stereocenters. The van der Waals surface area contributed by atoms with Crippen molar-refractivity contribution in [3.05, 3.63) is 52.5 Å². The quantitative estimate of drug-likeness (QED) is 0.603. The fraction of sp³-hybridized carbons (Fsp3) is 0.412. The third kappa shape index (κ3) is 5.65. The van der Waals surface area contributed by atoms with Crippen LogP contribution in [0.4, 0.5) is 0 Å². The van der Waals surface area contributed by atoms with Gasteiger partial charge in [-0.1, -0.05) is 6.07 Å². The van der Waals surface area contributed by atoms with Gasteiger partial charge in [-0.25, -0.2) is 0 Å². The molecule has 0 spiro atoms. The number of aliphatic hydroxyl groups excluding tert-OH is 1. The molecule has 0 radical (unpaired) electrons. The number of nitrogens with zero attached hydrogens (tertiary/aromatic N) is 3. The van der Waals surface area contributed by atoms with Gasteiger partial charge in [0.15, 0.2) is 5.96 Å². The molecule has 2 rings (SSSR count). The number of nitrogens with one attached hydrogen (secondary N) is 1. The summed E-state index contributed by atoms with van der Waals surface area (Å²) in [6.07, 6.45) is 3.74. The third-order valence-corrected chi connectivity index (χ3v) is 4.41. The fourth-order valence-corrected chi connectivity index (χ4v) is 2.87. The minimum absolute atomic E-state index is 0.329. The van der Waals surface area contributed by atoms with Crippen LogP contribution in [0, 0.1) is 0 Å². The molecule has 0 fully saturated rings. The minimum atomic E-state index is -0.614. The van der Waals surface area contributed by atoms with Crippen molar-refractivity contribution in [2.24, 2.45) is 4.99 Å². The van der Waals surface area contributed by atoms with Crippen LogP contribution >= 0.6 is 11.3 Å². The van der Waals surface area contributed by atoms with Crippen LogP contribution in [0.5, 0.6) is 0 Å². The van der Waals surface area contributed by atoms with Gasteiger partial charge >= 0.3 is 0 Å². The smallest absolute Gasteiger partial charge is 0.193 e. The number of rotatable bonds is 7. The van der Waals surface area contributed by atoms with Gasteiger partial charge in [0.05, 0.1) is 12.6 Å². The highest BCUT2D eigenvalue weighted by Crippen LogP contribution is 2.12. The van der Waals surface area contributed by atoms with Gasteiger partial charge in [-0.2, -0.15) is 0 Å². The average molecular weight is 332 g/mol. The lowest BCUT2D eigenvalue weighted by Crippen LogP contribution is -2.40. The zero-order valence-electron chi connectivity index (χ0n) is 13.6. The lowest BCUT2D eigenvalue weighted by atomic mass is 10.1. The maximum Gasteiger partial charge on any atom is 0.193 e. The van der Waals surface area contributed by atoms with Gasteiger partial charge in [-0.05, 0) is 42.5 Å². The largest absolute Gasteiger partial charge is 0.386 e. The maximum absolute atomic E-state index is 10.2. The minimum Gasteiger partial charge on any atom is -0.386 e. The van der Waals surface area contributed by atoms with Crippen LogP contribution in [0.3, 0.4) is 0 Å². The number of hydrogen-bond donors (Lipinski definition) is 2. The lowest BCUT2D eigenvalue weighted by Gasteiger charge is -2.22. The van der Waals surface area contributed by atoms with Crippen LogP contribution in [0.15, 0.2) is 47.0 Å². The van der Waals surface area contributed by atoms with Crippen molar-refractivity contribution >= 4 is 17.3 Å². The first kappa shape index (κ1) is 17.4. The van der Waals surface area contributed by atoms with E-state index in [9.17, 15) is 5.11 Å². The van der Waals surface area contributed by atoms with Crippen molar-refractivity contribution in [3.8, 4) is 0 Å². The van der Waals surface area contributed by atoms with Crippen molar-refractivity contribution in [1.82, 2.24) is 15.2 Å². The van der Waals surface area contributed by atoms with E-state index in [-0.39, 0.29) is 0 Å². The molecule has 2 aromatic heterocycles. The van der Waals surface area contributed by atoms with E-state index in [1.54, 1.807) is 23.7 Å². The summed E-state index contributed by atoms with van der Waals surface area (Å²) in [5, 5.41) is 15.6. The summed E-state index contributed by atoms with van der Waals surface area (Å²) in [5.41, 5.74) is 0.834. The molecule has 2 N–H and O–H groups in total. The van der Waals surface area contributed by atoms with Crippen LogP contribution in [0.25, 0.3) is 0 Å². The highest BCUT2D eigenvalue weighted by atomic mass is 32.1. The summed E-state index contributed by atoms with van der Waals surface area (Å²) in [5.74, 6) is 0.817. The Hall–Kier alpha value is -1.92. The Kier molecular flexibility index (Phi) is 7.03. The first-order valence-corrected chi connectivity index (χ1v) is 8.68. The van der Waals surface area contributed by atoms with E-state index in [4.69, 9.17) is 0 Å². The molecule has 0 bridgehead atoms. The summed E-state index contributed by atoms with van der Waals surface area (Å²) in [6.45, 7) is 4.06. The molecule has 0 aliphatic carbocycles. The maximum atomic E-state index is 10.2. The molecule has 0 aliphatic heterocycles. The first-order chi connectivity index (χ1) is 11.2. The highest BCUT2D eigenvalue weighted by molar-refractivity contribution is 7.09. The van der Waals surface area contributed by atoms with Crippen LogP contribution in [-0.2, 0) is 6.42 Å². The van der Waals surface area contributed by atoms with E-state index in [0.717, 1.165) is 31.0 Å². The summed E-state index contributed by atoms with van der Waals surface area (Å²) in [6, 6.07) is 7.85. The van der Waals surface area contributed by atoms with Gasteiger partial charge in [0.25, 0.3) is 0 Å². The Morgan fingerprint density at radius 2 is 2.17 bits per heavy atom. The standard InChI is InChI=1S/C17H24N4OS/c1-3-19-17(21(2)11-8-15-5-4-12-23-15)20-13-16(22)14-6-9-18-10-7-14/h4-7,9-10,12,16,22H,3,8,11,13H2,1-2H3,(H,19,20). The average Bonchev–Trinajstić information content (AvgIpc) is 3.10. The number of thiophene rings is 1. The lowest BCUT2D eigenvalue weighted by molar-refractivity contribution is 0.186. The molecule has 2 heterocycles. The molecular formula is C17H24N4OS. The topological polar surface area (TPSA) is 60.8 Å². The second-order valence-corrected chi connectivity index (χ2v) is 6.27. The number of likely N-dealkylation sites (N-methyl/N-ethyl adjacent to an activating group) is 1. The Morgan fingerprint density at radius 1 is 1.39 bits per heavy atom. The Bertz CT molecular complexity index is 586. The zero-order chi connectivity index (χ0) is 16.5. The Balaban J connectivity index is 1.93. The van der Waals surface area contributed by atoms with Crippen molar-refractivity contribution in [1.29, 1.82) is 0 Å². The Morgan fingerprint density at radius 3 is 2.83 bits per heavy atom. The molecule has 6 heteroatoms. The zero-order valence-corrected chi connectivity index (χ0v) is 14.5. The second kappa shape index (κ2) is 9.27. The van der Waals surface area contributed by atoms with E-state index < -0.39 is 6.10 Å². The van der Waals surface area contributed by atoms with Gasteiger partial charge in [-0.15, -0.1) is 11.3 Å². The van der Waals surface area contributed by atoms with E-state index in [1.807, 2.05) is 26.1 Å². The van der Waals surface area contributed by atoms with Crippen molar-refractivity contribution in [2.45, 2.75) is 19.4 Å². The van der Waals surface area contributed by atoms with E-state index in [1.165, 1.54) is 4.88 Å². The summed E-state index contributed by atoms with van der Waals surface area (Å²) in [4.78, 5) is 12.0. The molecule has 0 saturated heterocycles. The number of aliphatic imine (C=N–C) groups is 1. The second-order valence-electron chi connectivity index (χ2n) is 5.24. The molecule has 0 amide bonds. The monoisotopic (exact) mass is 332 g/mol. The SMILES string of the molecule is CCNC(=NCC(O)c1ccncc1)N(C)CCc1cccs1. The highest BCUT2D eigenvalue weighted by Gasteiger charge is 2.10. The number of aromatic nitrogens is 1. The van der Waals surface area contributed by atoms with Gasteiger partial charge in [0.2, 0.25) is 0 Å². The van der Waals surface area contributed by atoms with E-state index in [2.05, 4.69) is 37.7 Å². The predicted molar refractivity (Wildman–Crippen MR) is 95.8 cm³/mol. The molecule has 5 nitrogen and oxygen atoms in total. The van der Waals surface area contributed by atoms with Gasteiger partial charge in [0.1, 0.15) is 0 Å². The van der Waals surface area contributed by atoms with Crippen molar-refractivity contribution < 1.29 is 5.11 Å². The molecule has 0 aromatic carbocycles. The van der Waals surface area contributed by atoms with Crippen LogP contribution < -0.4 is 5.32 Å². The summed E-state index contributed by atoms with van der Waals surface area (Å²) in [7, 11) is 2.02. The summed E-state index contributed by atoms with van der Waals surface area (Å²) < 4.78 is 0. The van der Waals surface area contributed by atoms with Gasteiger partial charge in [0, 0.05) is 37.4 Å². The Labute approximate surface area is 141 Å². The number of pyridine rings is 1. The van der Waals surface area contributed by atoms with E-state index >= 15 is 0 Å². The number of guanidine groups is 1. The van der Waals surface area contributed by atoms with Crippen LogP contribution in [0.2, 0.25) is 0 Å². The third-order valence-electron chi connectivity index (χ3n) is 3.48.